The van der Waals surface area contributed by atoms with Crippen molar-refractivity contribution < 1.29 is 28.7 Å². The molecule has 0 saturated carbocycles. The van der Waals surface area contributed by atoms with Gasteiger partial charge in [0.25, 0.3) is 0 Å². The average molecular weight is 383 g/mol. The van der Waals surface area contributed by atoms with Gasteiger partial charge in [0.1, 0.15) is 25.7 Å². The van der Waals surface area contributed by atoms with E-state index in [9.17, 15) is 19.2 Å². The van der Waals surface area contributed by atoms with E-state index >= 15 is 0 Å². The Labute approximate surface area is 156 Å². The van der Waals surface area contributed by atoms with E-state index in [0.717, 1.165) is 5.56 Å². The minimum atomic E-state index is -0.961. The van der Waals surface area contributed by atoms with Crippen LogP contribution in [0, 0.1) is 0 Å². The number of methoxy groups -OCH3 is 1. The minimum Gasteiger partial charge on any atom is -0.468 e. The summed E-state index contributed by atoms with van der Waals surface area (Å²) < 4.78 is 9.35. The lowest BCUT2D eigenvalue weighted by Gasteiger charge is -2.16. The van der Waals surface area contributed by atoms with Crippen LogP contribution in [0.1, 0.15) is 5.56 Å². The third-order valence-electron chi connectivity index (χ3n) is 3.07. The molecule has 0 spiro atoms. The molecule has 1 aromatic rings. The van der Waals surface area contributed by atoms with Crippen LogP contribution in [0.3, 0.4) is 0 Å². The predicted molar refractivity (Wildman–Crippen MR) is 95.4 cm³/mol. The van der Waals surface area contributed by atoms with Gasteiger partial charge in [-0.15, -0.1) is 0 Å². The first kappa shape index (κ1) is 21.3. The molecule has 0 saturated heterocycles. The molecular formula is C16H21N3O6S. The molecule has 1 rings (SSSR count). The van der Waals surface area contributed by atoms with Gasteiger partial charge in [0.2, 0.25) is 11.8 Å². The van der Waals surface area contributed by atoms with Crippen LogP contribution in [0.15, 0.2) is 30.3 Å². The van der Waals surface area contributed by atoms with Gasteiger partial charge >= 0.3 is 12.1 Å². The SMILES string of the molecule is COC(=O)CNC(=O)C(CS)NC(=O)CNC(=O)OCc1ccccc1. The molecule has 26 heavy (non-hydrogen) atoms. The number of esters is 1. The third-order valence-corrected chi connectivity index (χ3v) is 3.44. The molecule has 0 radical (unpaired) electrons. The molecule has 142 valence electrons. The summed E-state index contributed by atoms with van der Waals surface area (Å²) in [5.74, 6) is -1.80. The number of carbonyl (C=O) groups excluding carboxylic acids is 4. The van der Waals surface area contributed by atoms with Crippen molar-refractivity contribution in [3.8, 4) is 0 Å². The molecule has 1 atom stereocenters. The van der Waals surface area contributed by atoms with Crippen molar-refractivity contribution in [3.63, 3.8) is 0 Å². The number of hydrogen-bond acceptors (Lipinski definition) is 7. The number of thiol groups is 1. The number of benzene rings is 1. The molecule has 0 heterocycles. The van der Waals surface area contributed by atoms with E-state index in [0.29, 0.717) is 0 Å². The third kappa shape index (κ3) is 8.38. The maximum Gasteiger partial charge on any atom is 0.407 e. The van der Waals surface area contributed by atoms with Gasteiger partial charge in [0.15, 0.2) is 0 Å². The Morgan fingerprint density at radius 3 is 2.38 bits per heavy atom. The average Bonchev–Trinajstić information content (AvgIpc) is 2.67. The second-order valence-electron chi connectivity index (χ2n) is 5.01. The van der Waals surface area contributed by atoms with Crippen LogP contribution in [-0.2, 0) is 30.5 Å². The maximum atomic E-state index is 11.8. The summed E-state index contributed by atoms with van der Waals surface area (Å²) in [5, 5.41) is 6.97. The quantitative estimate of drug-likeness (QED) is 0.340. The molecule has 0 aliphatic carbocycles. The molecule has 1 aromatic carbocycles. The maximum absolute atomic E-state index is 11.8. The van der Waals surface area contributed by atoms with E-state index in [1.165, 1.54) is 7.11 Å². The lowest BCUT2D eigenvalue weighted by Crippen LogP contribution is -2.51. The van der Waals surface area contributed by atoms with Gasteiger partial charge in [0, 0.05) is 5.75 Å². The first-order chi connectivity index (χ1) is 12.5. The van der Waals surface area contributed by atoms with E-state index in [2.05, 4.69) is 33.3 Å². The molecule has 10 heteroatoms. The van der Waals surface area contributed by atoms with Gasteiger partial charge in [0.05, 0.1) is 7.11 Å². The Morgan fingerprint density at radius 2 is 1.77 bits per heavy atom. The summed E-state index contributed by atoms with van der Waals surface area (Å²) >= 11 is 3.98. The van der Waals surface area contributed by atoms with Gasteiger partial charge in [-0.25, -0.2) is 4.79 Å². The molecule has 9 nitrogen and oxygen atoms in total. The smallest absolute Gasteiger partial charge is 0.407 e. The van der Waals surface area contributed by atoms with E-state index in [4.69, 9.17) is 4.74 Å². The monoisotopic (exact) mass is 383 g/mol. The van der Waals surface area contributed by atoms with Crippen LogP contribution in [0.25, 0.3) is 0 Å². The van der Waals surface area contributed by atoms with Gasteiger partial charge in [-0.2, -0.15) is 12.6 Å². The highest BCUT2D eigenvalue weighted by atomic mass is 32.1. The molecule has 3 N–H and O–H groups in total. The van der Waals surface area contributed by atoms with Gasteiger partial charge in [-0.3, -0.25) is 14.4 Å². The summed E-state index contributed by atoms with van der Waals surface area (Å²) in [6, 6.07) is 8.10. The highest BCUT2D eigenvalue weighted by molar-refractivity contribution is 7.80. The van der Waals surface area contributed by atoms with Crippen LogP contribution in [0.2, 0.25) is 0 Å². The summed E-state index contributed by atoms with van der Waals surface area (Å²) in [7, 11) is 1.19. The fourth-order valence-corrected chi connectivity index (χ4v) is 1.98. The molecule has 1 unspecified atom stereocenters. The Kier molecular flexibility index (Phi) is 9.62. The summed E-state index contributed by atoms with van der Waals surface area (Å²) in [5.41, 5.74) is 0.810. The van der Waals surface area contributed by atoms with Crippen LogP contribution >= 0.6 is 12.6 Å². The second-order valence-corrected chi connectivity index (χ2v) is 5.38. The minimum absolute atomic E-state index is 0.0111. The molecule has 0 aliphatic heterocycles. The summed E-state index contributed by atoms with van der Waals surface area (Å²) in [6.07, 6.45) is -0.762. The largest absolute Gasteiger partial charge is 0.468 e. The number of hydrogen-bond donors (Lipinski definition) is 4. The molecule has 0 bridgehead atoms. The molecule has 3 amide bonds. The molecule has 0 aliphatic rings. The fourth-order valence-electron chi connectivity index (χ4n) is 1.72. The number of ether oxygens (including phenoxy) is 2. The number of rotatable bonds is 9. The number of amides is 3. The van der Waals surface area contributed by atoms with Crippen LogP contribution in [-0.4, -0.2) is 55.9 Å². The van der Waals surface area contributed by atoms with E-state index < -0.39 is 29.9 Å². The number of carbonyl (C=O) groups is 4. The predicted octanol–water partition coefficient (Wildman–Crippen LogP) is -0.383. The standard InChI is InChI=1S/C16H21N3O6S/c1-24-14(21)8-17-15(22)12(10-26)19-13(20)7-18-16(23)25-9-11-5-3-2-4-6-11/h2-6,12,26H,7-10H2,1H3,(H,17,22)(H,18,23)(H,19,20). The van der Waals surface area contributed by atoms with Crippen molar-refractivity contribution in [1.82, 2.24) is 16.0 Å². The zero-order valence-corrected chi connectivity index (χ0v) is 15.1. The first-order valence-electron chi connectivity index (χ1n) is 7.65. The van der Waals surface area contributed by atoms with Crippen LogP contribution in [0.4, 0.5) is 4.79 Å². The van der Waals surface area contributed by atoms with E-state index in [1.54, 1.807) is 12.1 Å². The Balaban J connectivity index is 2.31. The van der Waals surface area contributed by atoms with Crippen molar-refractivity contribution in [2.75, 3.05) is 26.0 Å². The summed E-state index contributed by atoms with van der Waals surface area (Å²) in [4.78, 5) is 46.2. The van der Waals surface area contributed by atoms with Crippen LogP contribution < -0.4 is 16.0 Å². The zero-order chi connectivity index (χ0) is 19.4. The number of alkyl carbamates (subject to hydrolysis) is 1. The van der Waals surface area contributed by atoms with Gasteiger partial charge in [-0.05, 0) is 5.56 Å². The molecular weight excluding hydrogens is 362 g/mol. The fraction of sp³-hybridized carbons (Fsp3) is 0.375. The van der Waals surface area contributed by atoms with E-state index in [1.807, 2.05) is 18.2 Å². The Morgan fingerprint density at radius 1 is 1.08 bits per heavy atom. The van der Waals surface area contributed by atoms with Crippen molar-refractivity contribution in [1.29, 1.82) is 0 Å². The van der Waals surface area contributed by atoms with Crippen molar-refractivity contribution in [2.45, 2.75) is 12.6 Å². The van der Waals surface area contributed by atoms with Crippen molar-refractivity contribution >= 4 is 36.5 Å². The lowest BCUT2D eigenvalue weighted by molar-refractivity contribution is -0.141. The summed E-state index contributed by atoms with van der Waals surface area (Å²) in [6.45, 7) is -0.620. The zero-order valence-electron chi connectivity index (χ0n) is 14.2. The Hall–Kier alpha value is -2.75. The van der Waals surface area contributed by atoms with Crippen molar-refractivity contribution in [2.24, 2.45) is 0 Å². The van der Waals surface area contributed by atoms with E-state index in [-0.39, 0.29) is 25.4 Å². The topological polar surface area (TPSA) is 123 Å². The van der Waals surface area contributed by atoms with Crippen molar-refractivity contribution in [3.05, 3.63) is 35.9 Å². The van der Waals surface area contributed by atoms with Gasteiger partial charge in [-0.1, -0.05) is 30.3 Å². The second kappa shape index (κ2) is 11.7. The normalized spacial score (nSPS) is 11.0. The molecule has 0 aromatic heterocycles. The van der Waals surface area contributed by atoms with Crippen LogP contribution in [0.5, 0.6) is 0 Å². The van der Waals surface area contributed by atoms with Gasteiger partial charge < -0.3 is 25.4 Å². The number of nitrogens with one attached hydrogen (secondary N) is 3. The highest BCUT2D eigenvalue weighted by Crippen LogP contribution is 2.00. The highest BCUT2D eigenvalue weighted by Gasteiger charge is 2.20. The first-order valence-corrected chi connectivity index (χ1v) is 8.28. The Bertz CT molecular complexity index is 626. The lowest BCUT2D eigenvalue weighted by atomic mass is 10.2. The molecule has 0 fully saturated rings.